The molecule has 0 bridgehead atoms. The molecule has 0 saturated carbocycles. The first-order valence-corrected chi connectivity index (χ1v) is 11.7. The lowest BCUT2D eigenvalue weighted by atomic mass is 10.1. The number of aryl methyl sites for hydroxylation is 3. The number of piperazine rings is 1. The van der Waals surface area contributed by atoms with Crippen LogP contribution in [0.1, 0.15) is 30.7 Å². The van der Waals surface area contributed by atoms with E-state index in [1.165, 1.54) is 28.6 Å². The van der Waals surface area contributed by atoms with Crippen LogP contribution in [0.3, 0.4) is 0 Å². The van der Waals surface area contributed by atoms with E-state index in [2.05, 4.69) is 59.5 Å². The number of nitrogens with zero attached hydrogens (tertiary/aromatic N) is 3. The molecular formula is C23H32N4O2S. The summed E-state index contributed by atoms with van der Waals surface area (Å²) in [6, 6.07) is 10.3. The molecule has 1 atom stereocenters. The summed E-state index contributed by atoms with van der Waals surface area (Å²) in [5.41, 5.74) is 8.93. The fourth-order valence-electron chi connectivity index (χ4n) is 3.96. The first-order chi connectivity index (χ1) is 14.5. The zero-order chi connectivity index (χ0) is 21.7. The van der Waals surface area contributed by atoms with Gasteiger partial charge in [-0.25, -0.2) is 9.99 Å². The Labute approximate surface area is 184 Å². The topological polar surface area (TPSA) is 57.7 Å². The van der Waals surface area contributed by atoms with Crippen molar-refractivity contribution in [2.45, 2.75) is 39.7 Å². The van der Waals surface area contributed by atoms with Gasteiger partial charge in [-0.15, -0.1) is 0 Å². The lowest BCUT2D eigenvalue weighted by Gasteiger charge is -2.42. The van der Waals surface area contributed by atoms with Crippen LogP contribution in [-0.2, 0) is 17.6 Å². The van der Waals surface area contributed by atoms with Crippen molar-refractivity contribution in [2.75, 3.05) is 43.3 Å². The van der Waals surface area contributed by atoms with Crippen LogP contribution in [0.5, 0.6) is 5.88 Å². The fraction of sp³-hybridized carbons (Fsp3) is 0.478. The third kappa shape index (κ3) is 4.73. The van der Waals surface area contributed by atoms with E-state index in [-0.39, 0.29) is 11.2 Å². The normalized spacial score (nSPS) is 17.1. The number of benzene rings is 1. The maximum atomic E-state index is 12.8. The molecule has 3 rings (SSSR count). The number of anilines is 2. The molecule has 1 aliphatic heterocycles. The van der Waals surface area contributed by atoms with E-state index in [0.29, 0.717) is 19.0 Å². The van der Waals surface area contributed by atoms with Gasteiger partial charge >= 0.3 is 0 Å². The van der Waals surface area contributed by atoms with Crippen molar-refractivity contribution in [1.82, 2.24) is 9.99 Å². The number of para-hydroxylation sites is 1. The second kappa shape index (κ2) is 10.2. The first kappa shape index (κ1) is 22.4. The molecule has 6 nitrogen and oxygen atoms in total. The number of nitrogens with one attached hydrogen (secondary N) is 1. The Hall–Kier alpha value is -2.25. The monoisotopic (exact) mass is 428 g/mol. The fourth-order valence-corrected chi connectivity index (χ4v) is 4.44. The Morgan fingerprint density at radius 2 is 1.97 bits per heavy atom. The zero-order valence-corrected chi connectivity index (χ0v) is 19.4. The summed E-state index contributed by atoms with van der Waals surface area (Å²) in [4.78, 5) is 19.8. The molecule has 0 amide bonds. The van der Waals surface area contributed by atoms with Gasteiger partial charge < -0.3 is 15.1 Å². The lowest BCUT2D eigenvalue weighted by molar-refractivity contribution is -0.115. The van der Waals surface area contributed by atoms with Gasteiger partial charge in [0.1, 0.15) is 11.7 Å². The van der Waals surface area contributed by atoms with Crippen LogP contribution < -0.4 is 15.1 Å². The minimum atomic E-state index is -0.269. The molecule has 1 unspecified atom stereocenters. The van der Waals surface area contributed by atoms with Crippen LogP contribution in [0.2, 0.25) is 0 Å². The Balaban J connectivity index is 1.87. The van der Waals surface area contributed by atoms with Crippen molar-refractivity contribution in [3.8, 4) is 5.88 Å². The Kier molecular flexibility index (Phi) is 7.61. The van der Waals surface area contributed by atoms with Gasteiger partial charge in [0.05, 0.1) is 7.11 Å². The second-order valence-electron chi connectivity index (χ2n) is 7.42. The molecule has 30 heavy (non-hydrogen) atoms. The highest BCUT2D eigenvalue weighted by Crippen LogP contribution is 2.29. The number of hydrazine groups is 1. The molecule has 1 aromatic heterocycles. The number of thioether (sulfide) groups is 1. The number of carbonyl (C=O) groups is 1. The number of hydrogen-bond donors (Lipinski definition) is 1. The van der Waals surface area contributed by atoms with Gasteiger partial charge in [-0.05, 0) is 49.3 Å². The van der Waals surface area contributed by atoms with Crippen molar-refractivity contribution in [3.05, 3.63) is 47.2 Å². The van der Waals surface area contributed by atoms with Gasteiger partial charge in [-0.3, -0.25) is 4.79 Å². The quantitative estimate of drug-likeness (QED) is 0.717. The van der Waals surface area contributed by atoms with Crippen LogP contribution in [0.15, 0.2) is 30.3 Å². The third-order valence-corrected chi connectivity index (χ3v) is 6.36. The van der Waals surface area contributed by atoms with Crippen molar-refractivity contribution < 1.29 is 9.53 Å². The molecule has 2 aromatic rings. The molecular weight excluding hydrogens is 396 g/mol. The van der Waals surface area contributed by atoms with Crippen LogP contribution >= 0.6 is 11.8 Å². The molecule has 162 valence electrons. The van der Waals surface area contributed by atoms with E-state index in [1.54, 1.807) is 7.11 Å². The largest absolute Gasteiger partial charge is 0.479 e. The van der Waals surface area contributed by atoms with E-state index in [1.807, 2.05) is 18.2 Å². The smallest absolute Gasteiger partial charge is 0.238 e. The number of carbonyl (C=O) groups excluding carboxylic acids is 1. The van der Waals surface area contributed by atoms with E-state index in [9.17, 15) is 4.79 Å². The highest BCUT2D eigenvalue weighted by atomic mass is 32.2. The van der Waals surface area contributed by atoms with E-state index >= 15 is 0 Å². The molecule has 0 spiro atoms. The molecule has 0 aliphatic carbocycles. The average molecular weight is 429 g/mol. The van der Waals surface area contributed by atoms with Crippen LogP contribution in [0, 0.1) is 6.92 Å². The predicted octanol–water partition coefficient (Wildman–Crippen LogP) is 3.93. The summed E-state index contributed by atoms with van der Waals surface area (Å²) in [6.45, 7) is 8.48. The van der Waals surface area contributed by atoms with Gasteiger partial charge in [0.25, 0.3) is 0 Å². The average Bonchev–Trinajstić information content (AvgIpc) is 2.79. The van der Waals surface area contributed by atoms with E-state index in [0.717, 1.165) is 30.8 Å². The Bertz CT molecular complexity index is 890. The van der Waals surface area contributed by atoms with E-state index in [4.69, 9.17) is 4.74 Å². The van der Waals surface area contributed by atoms with Gasteiger partial charge in [-0.1, -0.05) is 43.8 Å². The first-order valence-electron chi connectivity index (χ1n) is 10.5. The molecule has 0 radical (unpaired) electrons. The number of methoxy groups -OCH3 is 1. The number of aromatic nitrogens is 1. The summed E-state index contributed by atoms with van der Waals surface area (Å²) in [7, 11) is 1.63. The minimum Gasteiger partial charge on any atom is -0.479 e. The number of hydrogen-bond acceptors (Lipinski definition) is 7. The van der Waals surface area contributed by atoms with Gasteiger partial charge in [0.2, 0.25) is 11.0 Å². The molecule has 1 N–H and O–H groups in total. The highest BCUT2D eigenvalue weighted by molar-refractivity contribution is 8.13. The SMILES string of the molecule is CCc1ccccc1N1CCN(Nc2cc(CC)c(C)nc2OC)C(C(=O)SC)C1. The molecule has 1 aromatic carbocycles. The summed E-state index contributed by atoms with van der Waals surface area (Å²) in [5, 5.41) is 2.19. The summed E-state index contributed by atoms with van der Waals surface area (Å²) in [5.74, 6) is 0.554. The van der Waals surface area contributed by atoms with Crippen molar-refractivity contribution >= 4 is 28.3 Å². The number of pyridine rings is 1. The maximum absolute atomic E-state index is 12.8. The molecule has 1 saturated heterocycles. The number of ether oxygens (including phenoxy) is 1. The minimum absolute atomic E-state index is 0.149. The highest BCUT2D eigenvalue weighted by Gasteiger charge is 2.33. The summed E-state index contributed by atoms with van der Waals surface area (Å²) in [6.07, 6.45) is 3.72. The molecule has 1 fully saturated rings. The predicted molar refractivity (Wildman–Crippen MR) is 126 cm³/mol. The van der Waals surface area contributed by atoms with E-state index < -0.39 is 0 Å². The molecule has 7 heteroatoms. The van der Waals surface area contributed by atoms with Crippen LogP contribution in [-0.4, -0.2) is 54.1 Å². The number of rotatable bonds is 7. The van der Waals surface area contributed by atoms with Crippen molar-refractivity contribution in [3.63, 3.8) is 0 Å². The van der Waals surface area contributed by atoms with Crippen molar-refractivity contribution in [2.24, 2.45) is 0 Å². The summed E-state index contributed by atoms with van der Waals surface area (Å²) < 4.78 is 5.51. The van der Waals surface area contributed by atoms with Crippen molar-refractivity contribution in [1.29, 1.82) is 0 Å². The maximum Gasteiger partial charge on any atom is 0.238 e. The summed E-state index contributed by atoms with van der Waals surface area (Å²) >= 11 is 1.28. The molecule has 1 aliphatic rings. The zero-order valence-electron chi connectivity index (χ0n) is 18.6. The van der Waals surface area contributed by atoms with Gasteiger partial charge in [-0.2, -0.15) is 0 Å². The lowest BCUT2D eigenvalue weighted by Crippen LogP contribution is -2.58. The third-order valence-electron chi connectivity index (χ3n) is 5.69. The van der Waals surface area contributed by atoms with Crippen LogP contribution in [0.25, 0.3) is 0 Å². The second-order valence-corrected chi connectivity index (χ2v) is 8.23. The van der Waals surface area contributed by atoms with Gasteiger partial charge in [0.15, 0.2) is 0 Å². The Morgan fingerprint density at radius 3 is 2.63 bits per heavy atom. The standard InChI is InChI=1S/C23H32N4O2S/c1-6-17-10-8-9-11-20(17)26-12-13-27(21(15-26)23(28)30-5)25-19-14-18(7-2)16(3)24-22(19)29-4/h8-11,14,21,25H,6-7,12-13,15H2,1-5H3. The Morgan fingerprint density at radius 1 is 1.23 bits per heavy atom. The van der Waals surface area contributed by atoms with Crippen LogP contribution in [0.4, 0.5) is 11.4 Å². The van der Waals surface area contributed by atoms with Gasteiger partial charge in [0, 0.05) is 31.0 Å². The molecule has 2 heterocycles.